The van der Waals surface area contributed by atoms with Crippen LogP contribution in [-0.2, 0) is 6.54 Å². The quantitative estimate of drug-likeness (QED) is 0.240. The summed E-state index contributed by atoms with van der Waals surface area (Å²) in [6, 6.07) is 17.9. The fourth-order valence-corrected chi connectivity index (χ4v) is 4.00. The summed E-state index contributed by atoms with van der Waals surface area (Å²) in [6.45, 7) is 2.86. The van der Waals surface area contributed by atoms with Gasteiger partial charge in [0, 0.05) is 27.7 Å². The number of nitrogens with zero attached hydrogens (tertiary/aromatic N) is 3. The first-order valence-electron chi connectivity index (χ1n) is 10.0. The molecule has 4 rings (SSSR count). The molecule has 0 aliphatic heterocycles. The van der Waals surface area contributed by atoms with Crippen molar-refractivity contribution in [3.8, 4) is 11.4 Å². The summed E-state index contributed by atoms with van der Waals surface area (Å²) < 4.78 is 2.10. The second-order valence-electron chi connectivity index (χ2n) is 7.17. The van der Waals surface area contributed by atoms with Crippen LogP contribution >= 0.6 is 34.8 Å². The first kappa shape index (κ1) is 22.3. The predicted molar refractivity (Wildman–Crippen MR) is 132 cm³/mol. The number of hydrazone groups is 1. The molecule has 8 heteroatoms. The van der Waals surface area contributed by atoms with Crippen molar-refractivity contribution in [3.63, 3.8) is 0 Å². The van der Waals surface area contributed by atoms with Crippen LogP contribution in [-0.4, -0.2) is 21.7 Å². The molecule has 0 aliphatic rings. The molecule has 3 aromatic carbocycles. The van der Waals surface area contributed by atoms with Gasteiger partial charge in [0.2, 0.25) is 0 Å². The Balaban J connectivity index is 1.63. The number of nitrogens with one attached hydrogen (secondary N) is 1. The van der Waals surface area contributed by atoms with E-state index in [1.165, 1.54) is 0 Å². The fraction of sp³-hybridized carbons (Fsp3) is 0.125. The van der Waals surface area contributed by atoms with Crippen molar-refractivity contribution < 1.29 is 4.79 Å². The molecule has 32 heavy (non-hydrogen) atoms. The van der Waals surface area contributed by atoms with E-state index < -0.39 is 0 Å². The first-order chi connectivity index (χ1) is 15.5. The SMILES string of the molecule is CCCn1c(-c2ccc(Cl)cc2Cl)nc2cc(C(=O)N/N=C/c3ccc(Cl)cc3)ccc21. The van der Waals surface area contributed by atoms with Crippen LogP contribution in [0, 0.1) is 0 Å². The molecule has 4 aromatic rings. The highest BCUT2D eigenvalue weighted by atomic mass is 35.5. The molecule has 0 radical (unpaired) electrons. The third kappa shape index (κ3) is 4.80. The van der Waals surface area contributed by atoms with E-state index >= 15 is 0 Å². The predicted octanol–water partition coefficient (Wildman–Crippen LogP) is 6.84. The third-order valence-electron chi connectivity index (χ3n) is 4.88. The molecule has 162 valence electrons. The normalized spacial score (nSPS) is 11.4. The molecule has 0 atom stereocenters. The molecule has 0 saturated carbocycles. The van der Waals surface area contributed by atoms with Crippen LogP contribution in [0.2, 0.25) is 15.1 Å². The maximum absolute atomic E-state index is 12.6. The second-order valence-corrected chi connectivity index (χ2v) is 8.45. The number of amides is 1. The van der Waals surface area contributed by atoms with Gasteiger partial charge in [0.15, 0.2) is 0 Å². The lowest BCUT2D eigenvalue weighted by Crippen LogP contribution is -2.17. The van der Waals surface area contributed by atoms with Gasteiger partial charge < -0.3 is 4.57 Å². The lowest BCUT2D eigenvalue weighted by Gasteiger charge is -2.09. The zero-order valence-electron chi connectivity index (χ0n) is 17.1. The van der Waals surface area contributed by atoms with E-state index in [4.69, 9.17) is 39.8 Å². The molecule has 1 N–H and O–H groups in total. The molecule has 0 bridgehead atoms. The van der Waals surface area contributed by atoms with Crippen molar-refractivity contribution in [2.24, 2.45) is 5.10 Å². The Morgan fingerprint density at radius 1 is 1.03 bits per heavy atom. The van der Waals surface area contributed by atoms with Crippen LogP contribution < -0.4 is 5.43 Å². The summed E-state index contributed by atoms with van der Waals surface area (Å²) in [7, 11) is 0. The molecular formula is C24H19Cl3N4O. The summed E-state index contributed by atoms with van der Waals surface area (Å²) in [6.07, 6.45) is 2.48. The van der Waals surface area contributed by atoms with Gasteiger partial charge in [-0.25, -0.2) is 10.4 Å². The van der Waals surface area contributed by atoms with E-state index in [0.717, 1.165) is 35.4 Å². The van der Waals surface area contributed by atoms with E-state index in [0.29, 0.717) is 26.1 Å². The van der Waals surface area contributed by atoms with Crippen molar-refractivity contribution in [1.82, 2.24) is 15.0 Å². The van der Waals surface area contributed by atoms with Crippen molar-refractivity contribution >= 4 is 58.0 Å². The van der Waals surface area contributed by atoms with E-state index in [1.54, 1.807) is 42.6 Å². The fourth-order valence-electron chi connectivity index (χ4n) is 3.38. The van der Waals surface area contributed by atoms with E-state index in [2.05, 4.69) is 22.0 Å². The molecule has 0 spiro atoms. The van der Waals surface area contributed by atoms with Gasteiger partial charge in [0.25, 0.3) is 5.91 Å². The number of fused-ring (bicyclic) bond motifs is 1. The lowest BCUT2D eigenvalue weighted by molar-refractivity contribution is 0.0955. The van der Waals surface area contributed by atoms with Gasteiger partial charge in [0.05, 0.1) is 22.3 Å². The molecule has 1 aromatic heterocycles. The number of imidazole rings is 1. The van der Waals surface area contributed by atoms with Crippen molar-refractivity contribution in [1.29, 1.82) is 0 Å². The summed E-state index contributed by atoms with van der Waals surface area (Å²) in [5.41, 5.74) is 6.25. The van der Waals surface area contributed by atoms with E-state index in [1.807, 2.05) is 24.3 Å². The van der Waals surface area contributed by atoms with Crippen LogP contribution in [0.3, 0.4) is 0 Å². The molecule has 0 aliphatic carbocycles. The molecule has 1 amide bonds. The minimum absolute atomic E-state index is 0.326. The van der Waals surface area contributed by atoms with Crippen LogP contribution in [0.15, 0.2) is 65.8 Å². The average Bonchev–Trinajstić information content (AvgIpc) is 3.12. The van der Waals surface area contributed by atoms with Crippen LogP contribution in [0.1, 0.15) is 29.3 Å². The molecule has 0 saturated heterocycles. The minimum atomic E-state index is -0.326. The number of halogens is 3. The summed E-state index contributed by atoms with van der Waals surface area (Å²) >= 11 is 18.4. The summed E-state index contributed by atoms with van der Waals surface area (Å²) in [5, 5.41) is 5.76. The van der Waals surface area contributed by atoms with E-state index in [9.17, 15) is 4.79 Å². The summed E-state index contributed by atoms with van der Waals surface area (Å²) in [4.78, 5) is 17.4. The maximum atomic E-state index is 12.6. The van der Waals surface area contributed by atoms with E-state index in [-0.39, 0.29) is 5.91 Å². The minimum Gasteiger partial charge on any atom is -0.324 e. The van der Waals surface area contributed by atoms with Crippen LogP contribution in [0.5, 0.6) is 0 Å². The second kappa shape index (κ2) is 9.74. The number of carbonyl (C=O) groups is 1. The number of hydrogen-bond donors (Lipinski definition) is 1. The number of benzene rings is 3. The Labute approximate surface area is 200 Å². The number of aryl methyl sites for hydroxylation is 1. The van der Waals surface area contributed by atoms with Crippen LogP contribution in [0.25, 0.3) is 22.4 Å². The largest absolute Gasteiger partial charge is 0.324 e. The van der Waals surface area contributed by atoms with Gasteiger partial charge >= 0.3 is 0 Å². The Bertz CT molecular complexity index is 1310. The average molecular weight is 486 g/mol. The van der Waals surface area contributed by atoms with Gasteiger partial charge in [-0.15, -0.1) is 0 Å². The maximum Gasteiger partial charge on any atom is 0.271 e. The number of hydrogen-bond acceptors (Lipinski definition) is 3. The number of aromatic nitrogens is 2. The topological polar surface area (TPSA) is 59.3 Å². The Morgan fingerprint density at radius 3 is 2.50 bits per heavy atom. The van der Waals surface area contributed by atoms with Crippen molar-refractivity contribution in [2.75, 3.05) is 0 Å². The molecule has 1 heterocycles. The van der Waals surface area contributed by atoms with Gasteiger partial charge in [-0.3, -0.25) is 4.79 Å². The van der Waals surface area contributed by atoms with Gasteiger partial charge in [0.1, 0.15) is 5.82 Å². The van der Waals surface area contributed by atoms with Gasteiger partial charge in [-0.05, 0) is 60.5 Å². The molecule has 0 unspecified atom stereocenters. The smallest absolute Gasteiger partial charge is 0.271 e. The Morgan fingerprint density at radius 2 is 1.78 bits per heavy atom. The highest BCUT2D eigenvalue weighted by Gasteiger charge is 2.16. The highest BCUT2D eigenvalue weighted by molar-refractivity contribution is 6.36. The summed E-state index contributed by atoms with van der Waals surface area (Å²) in [5.74, 6) is 0.412. The lowest BCUT2D eigenvalue weighted by atomic mass is 10.2. The highest BCUT2D eigenvalue weighted by Crippen LogP contribution is 2.32. The number of rotatable bonds is 6. The van der Waals surface area contributed by atoms with Crippen molar-refractivity contribution in [2.45, 2.75) is 19.9 Å². The standard InChI is InChI=1S/C24H19Cl3N4O/c1-2-11-31-22-10-5-16(24(32)30-28-14-15-3-6-17(25)7-4-15)12-21(22)29-23(31)19-9-8-18(26)13-20(19)27/h3-10,12-14H,2,11H2,1H3,(H,30,32)/b28-14+. The number of carbonyl (C=O) groups excluding carboxylic acids is 1. The molecular weight excluding hydrogens is 467 g/mol. The van der Waals surface area contributed by atoms with Crippen molar-refractivity contribution in [3.05, 3.63) is 86.9 Å². The zero-order valence-corrected chi connectivity index (χ0v) is 19.4. The molecule has 0 fully saturated rings. The Hall–Kier alpha value is -2.86. The monoisotopic (exact) mass is 484 g/mol. The first-order valence-corrected chi connectivity index (χ1v) is 11.1. The van der Waals surface area contributed by atoms with Gasteiger partial charge in [-0.2, -0.15) is 5.10 Å². The zero-order chi connectivity index (χ0) is 22.7. The van der Waals surface area contributed by atoms with Gasteiger partial charge in [-0.1, -0.05) is 53.9 Å². The molecule has 5 nitrogen and oxygen atoms in total. The van der Waals surface area contributed by atoms with Crippen LogP contribution in [0.4, 0.5) is 0 Å². The third-order valence-corrected chi connectivity index (χ3v) is 5.68. The Kier molecular flexibility index (Phi) is 6.80.